The summed E-state index contributed by atoms with van der Waals surface area (Å²) in [5.41, 5.74) is -0.603. The highest BCUT2D eigenvalue weighted by Gasteiger charge is 2.54. The second-order valence-electron chi connectivity index (χ2n) is 9.80. The molecule has 5 nitrogen and oxygen atoms in total. The average Bonchev–Trinajstić information content (AvgIpc) is 2.99. The summed E-state index contributed by atoms with van der Waals surface area (Å²) in [7, 11) is 1.93. The molecule has 3 fully saturated rings. The van der Waals surface area contributed by atoms with Gasteiger partial charge in [0.25, 0.3) is 0 Å². The van der Waals surface area contributed by atoms with E-state index in [0.717, 1.165) is 37.0 Å². The SMILES string of the molecule is Cn1ccc2ccc(C3(F)CCC4(CC3)CN(C(=O)[C@H]3C[C@@](C)(O)C3)C4)nc21. The Morgan fingerprint density at radius 3 is 2.50 bits per heavy atom. The van der Waals surface area contributed by atoms with Crippen LogP contribution in [-0.2, 0) is 17.5 Å². The number of nitrogens with zero attached hydrogens (tertiary/aromatic N) is 3. The highest BCUT2D eigenvalue weighted by atomic mass is 19.1. The second kappa shape index (κ2) is 5.78. The first-order valence-electron chi connectivity index (χ1n) is 10.3. The van der Waals surface area contributed by atoms with E-state index in [2.05, 4.69) is 4.98 Å². The van der Waals surface area contributed by atoms with Crippen LogP contribution in [0.2, 0.25) is 0 Å². The van der Waals surface area contributed by atoms with Gasteiger partial charge in [-0.15, -0.1) is 0 Å². The first-order chi connectivity index (χ1) is 13.2. The fraction of sp³-hybridized carbons (Fsp3) is 0.636. The number of amides is 1. The van der Waals surface area contributed by atoms with Crippen LogP contribution in [0.4, 0.5) is 4.39 Å². The summed E-state index contributed by atoms with van der Waals surface area (Å²) in [5, 5.41) is 10.9. The summed E-state index contributed by atoms with van der Waals surface area (Å²) in [5.74, 6) is 0.141. The van der Waals surface area contributed by atoms with Gasteiger partial charge in [0.2, 0.25) is 5.91 Å². The Kier molecular flexibility index (Phi) is 3.74. The Bertz CT molecular complexity index is 926. The Hall–Kier alpha value is -1.95. The van der Waals surface area contributed by atoms with Crippen molar-refractivity contribution in [2.45, 2.75) is 56.7 Å². The van der Waals surface area contributed by atoms with Gasteiger partial charge < -0.3 is 14.6 Å². The van der Waals surface area contributed by atoms with E-state index in [1.165, 1.54) is 0 Å². The summed E-state index contributed by atoms with van der Waals surface area (Å²) in [4.78, 5) is 19.1. The molecule has 2 aliphatic carbocycles. The number of halogens is 1. The van der Waals surface area contributed by atoms with Gasteiger partial charge in [0.15, 0.2) is 5.67 Å². The fourth-order valence-electron chi connectivity index (χ4n) is 5.49. The third-order valence-electron chi connectivity index (χ3n) is 7.37. The van der Waals surface area contributed by atoms with E-state index >= 15 is 4.39 Å². The zero-order chi connectivity index (χ0) is 19.7. The van der Waals surface area contributed by atoms with Gasteiger partial charge in [-0.2, -0.15) is 0 Å². The number of carbonyl (C=O) groups is 1. The number of aryl methyl sites for hydroxylation is 1. The van der Waals surface area contributed by atoms with Crippen LogP contribution >= 0.6 is 0 Å². The normalized spacial score (nSPS) is 30.9. The molecule has 2 aromatic heterocycles. The Balaban J connectivity index is 1.23. The van der Waals surface area contributed by atoms with Crippen LogP contribution in [0.5, 0.6) is 0 Å². The van der Waals surface area contributed by atoms with Crippen molar-refractivity contribution in [2.75, 3.05) is 13.1 Å². The van der Waals surface area contributed by atoms with Gasteiger partial charge in [-0.05, 0) is 63.6 Å². The number of carbonyl (C=O) groups excluding carboxylic acids is 1. The third-order valence-corrected chi connectivity index (χ3v) is 7.37. The van der Waals surface area contributed by atoms with Gasteiger partial charge in [0.1, 0.15) is 5.65 Å². The number of rotatable bonds is 2. The lowest BCUT2D eigenvalue weighted by molar-refractivity contribution is -0.165. The molecule has 5 rings (SSSR count). The summed E-state index contributed by atoms with van der Waals surface area (Å²) in [6.07, 6.45) is 5.60. The van der Waals surface area contributed by atoms with E-state index in [1.807, 2.05) is 40.9 Å². The molecule has 1 spiro atoms. The van der Waals surface area contributed by atoms with Gasteiger partial charge in [0, 0.05) is 43.1 Å². The molecule has 0 bridgehead atoms. The molecule has 2 aromatic rings. The van der Waals surface area contributed by atoms with Gasteiger partial charge in [-0.25, -0.2) is 9.37 Å². The number of hydrogen-bond acceptors (Lipinski definition) is 3. The predicted octanol–water partition coefficient (Wildman–Crippen LogP) is 3.30. The molecule has 2 saturated carbocycles. The minimum atomic E-state index is -1.37. The Labute approximate surface area is 164 Å². The molecule has 3 heterocycles. The smallest absolute Gasteiger partial charge is 0.225 e. The lowest BCUT2D eigenvalue weighted by Crippen LogP contribution is -2.63. The first-order valence-corrected chi connectivity index (χ1v) is 10.3. The summed E-state index contributed by atoms with van der Waals surface area (Å²) in [6.45, 7) is 3.27. The zero-order valence-electron chi connectivity index (χ0n) is 16.6. The number of hydrogen-bond donors (Lipinski definition) is 1. The van der Waals surface area contributed by atoms with Crippen molar-refractivity contribution in [3.63, 3.8) is 0 Å². The number of alkyl halides is 1. The number of aromatic nitrogens is 2. The molecular formula is C22H28FN3O2. The van der Waals surface area contributed by atoms with E-state index < -0.39 is 11.3 Å². The lowest BCUT2D eigenvalue weighted by Gasteiger charge is -2.56. The van der Waals surface area contributed by atoms with E-state index in [4.69, 9.17) is 0 Å². The molecule has 1 N–H and O–H groups in total. The molecule has 0 atom stereocenters. The first kappa shape index (κ1) is 18.1. The van der Waals surface area contributed by atoms with Crippen molar-refractivity contribution >= 4 is 16.9 Å². The zero-order valence-corrected chi connectivity index (χ0v) is 16.6. The van der Waals surface area contributed by atoms with Crippen LogP contribution in [0.25, 0.3) is 11.0 Å². The molecule has 1 saturated heterocycles. The van der Waals surface area contributed by atoms with Crippen molar-refractivity contribution in [3.05, 3.63) is 30.1 Å². The van der Waals surface area contributed by atoms with Crippen molar-refractivity contribution in [1.82, 2.24) is 14.5 Å². The molecule has 1 aliphatic heterocycles. The molecule has 28 heavy (non-hydrogen) atoms. The Morgan fingerprint density at radius 2 is 1.86 bits per heavy atom. The third kappa shape index (κ3) is 2.76. The lowest BCUT2D eigenvalue weighted by atomic mass is 9.63. The number of pyridine rings is 1. The standard InChI is InChI=1S/C22H28FN3O2/c1-20(28)11-16(12-20)19(27)26-13-21(14-26)6-8-22(23,9-7-21)17-4-3-15-5-10-25(2)18(15)24-17/h3-5,10,16,28H,6-9,11-14H2,1-2H3/t16-,20+. The molecule has 0 radical (unpaired) electrons. The van der Waals surface area contributed by atoms with Crippen molar-refractivity contribution < 1.29 is 14.3 Å². The summed E-state index contributed by atoms with van der Waals surface area (Å²) >= 11 is 0. The number of fused-ring (bicyclic) bond motifs is 1. The molecule has 0 unspecified atom stereocenters. The second-order valence-corrected chi connectivity index (χ2v) is 9.80. The molecule has 0 aromatic carbocycles. The Morgan fingerprint density at radius 1 is 1.18 bits per heavy atom. The predicted molar refractivity (Wildman–Crippen MR) is 104 cm³/mol. The maximum Gasteiger partial charge on any atom is 0.225 e. The van der Waals surface area contributed by atoms with Crippen molar-refractivity contribution in [1.29, 1.82) is 0 Å². The van der Waals surface area contributed by atoms with Crippen LogP contribution in [0.3, 0.4) is 0 Å². The van der Waals surface area contributed by atoms with Crippen LogP contribution < -0.4 is 0 Å². The van der Waals surface area contributed by atoms with Crippen molar-refractivity contribution in [3.8, 4) is 0 Å². The number of likely N-dealkylation sites (tertiary alicyclic amines) is 1. The van der Waals surface area contributed by atoms with Gasteiger partial charge in [-0.1, -0.05) is 0 Å². The molecule has 6 heteroatoms. The molecule has 3 aliphatic rings. The van der Waals surface area contributed by atoms with Crippen LogP contribution in [-0.4, -0.2) is 44.2 Å². The van der Waals surface area contributed by atoms with Crippen LogP contribution in [0, 0.1) is 11.3 Å². The fourth-order valence-corrected chi connectivity index (χ4v) is 5.49. The highest BCUT2D eigenvalue weighted by Crippen LogP contribution is 2.52. The van der Waals surface area contributed by atoms with E-state index in [9.17, 15) is 9.90 Å². The summed E-state index contributed by atoms with van der Waals surface area (Å²) in [6, 6.07) is 5.79. The van der Waals surface area contributed by atoms with Gasteiger partial charge >= 0.3 is 0 Å². The van der Waals surface area contributed by atoms with E-state index in [-0.39, 0.29) is 17.2 Å². The largest absolute Gasteiger partial charge is 0.390 e. The average molecular weight is 385 g/mol. The van der Waals surface area contributed by atoms with E-state index in [0.29, 0.717) is 31.4 Å². The highest BCUT2D eigenvalue weighted by molar-refractivity contribution is 5.81. The van der Waals surface area contributed by atoms with E-state index in [1.54, 1.807) is 6.92 Å². The van der Waals surface area contributed by atoms with Crippen molar-refractivity contribution in [2.24, 2.45) is 18.4 Å². The molecular weight excluding hydrogens is 357 g/mol. The van der Waals surface area contributed by atoms with Gasteiger partial charge in [0.05, 0.1) is 11.3 Å². The maximum absolute atomic E-state index is 15.7. The topological polar surface area (TPSA) is 58.4 Å². The maximum atomic E-state index is 15.7. The van der Waals surface area contributed by atoms with Gasteiger partial charge in [-0.3, -0.25) is 4.79 Å². The van der Waals surface area contributed by atoms with Crippen LogP contribution in [0.1, 0.15) is 51.1 Å². The van der Waals surface area contributed by atoms with Crippen LogP contribution in [0.15, 0.2) is 24.4 Å². The number of aliphatic hydroxyl groups is 1. The minimum Gasteiger partial charge on any atom is -0.390 e. The quantitative estimate of drug-likeness (QED) is 0.863. The monoisotopic (exact) mass is 385 g/mol. The summed E-state index contributed by atoms with van der Waals surface area (Å²) < 4.78 is 17.7. The molecule has 150 valence electrons. The minimum absolute atomic E-state index is 0.0302. The molecule has 1 amide bonds.